The van der Waals surface area contributed by atoms with Crippen LogP contribution in [-0.4, -0.2) is 49.3 Å². The van der Waals surface area contributed by atoms with Crippen molar-refractivity contribution in [3.8, 4) is 0 Å². The van der Waals surface area contributed by atoms with Gasteiger partial charge in [0.15, 0.2) is 6.10 Å². The van der Waals surface area contributed by atoms with Crippen molar-refractivity contribution in [1.29, 1.82) is 0 Å². The highest BCUT2D eigenvalue weighted by molar-refractivity contribution is 7.47. The molecule has 0 spiro atoms. The molecule has 0 aromatic rings. The molecule has 448 valence electrons. The predicted molar refractivity (Wildman–Crippen MR) is 330 cm³/mol. The summed E-state index contributed by atoms with van der Waals surface area (Å²) in [6.45, 7) is 3.66. The van der Waals surface area contributed by atoms with Crippen molar-refractivity contribution >= 4 is 19.8 Å². The van der Waals surface area contributed by atoms with Gasteiger partial charge in [0.1, 0.15) is 6.61 Å². The van der Waals surface area contributed by atoms with Gasteiger partial charge in [0.2, 0.25) is 0 Å². The molecule has 0 aromatic carbocycles. The average molecular weight is 1100 g/mol. The third-order valence-electron chi connectivity index (χ3n) is 14.1. The smallest absolute Gasteiger partial charge is 0.462 e. The van der Waals surface area contributed by atoms with Crippen molar-refractivity contribution in [2.45, 2.75) is 315 Å². The Kier molecular flexibility index (Phi) is 60.6. The summed E-state index contributed by atoms with van der Waals surface area (Å²) in [7, 11) is -4.39. The minimum absolute atomic E-state index is 0.0521. The Balaban J connectivity index is 3.88. The molecule has 77 heavy (non-hydrogen) atoms. The van der Waals surface area contributed by atoms with E-state index in [1.165, 1.54) is 205 Å². The number of hydrogen-bond donors (Lipinski definition) is 2. The Labute approximate surface area is 475 Å². The zero-order chi connectivity index (χ0) is 55.9. The SMILES string of the molecule is CC/C=C\C/C=C\C/C=C\C/C=C\CCCCCCCCCCCCCCC(=O)OC(COC(=O)CCCCCCCCCCCCCCCCCCCCC/C=C\C/C=C\CCCCCCC)COP(=O)(O)OCCN. The molecular formula is C67H122NO8P. The molecule has 0 rings (SSSR count). The van der Waals surface area contributed by atoms with Gasteiger partial charge in [-0.15, -0.1) is 0 Å². The summed E-state index contributed by atoms with van der Waals surface area (Å²) in [5.74, 6) is -0.819. The van der Waals surface area contributed by atoms with Gasteiger partial charge in [-0.1, -0.05) is 286 Å². The minimum Gasteiger partial charge on any atom is -0.462 e. The molecule has 0 aliphatic heterocycles. The molecule has 0 saturated heterocycles. The Morgan fingerprint density at radius 3 is 1.06 bits per heavy atom. The van der Waals surface area contributed by atoms with E-state index >= 15 is 0 Å². The Morgan fingerprint density at radius 2 is 0.714 bits per heavy atom. The maximum absolute atomic E-state index is 12.7. The summed E-state index contributed by atoms with van der Waals surface area (Å²) in [5.41, 5.74) is 5.39. The number of ether oxygens (including phenoxy) is 2. The highest BCUT2D eigenvalue weighted by Gasteiger charge is 2.26. The lowest BCUT2D eigenvalue weighted by molar-refractivity contribution is -0.161. The van der Waals surface area contributed by atoms with E-state index in [2.05, 4.69) is 86.8 Å². The number of rotatable bonds is 61. The molecule has 0 bridgehead atoms. The summed E-state index contributed by atoms with van der Waals surface area (Å²) in [4.78, 5) is 35.3. The van der Waals surface area contributed by atoms with Gasteiger partial charge in [-0.3, -0.25) is 18.6 Å². The van der Waals surface area contributed by atoms with Crippen LogP contribution in [0.3, 0.4) is 0 Å². The Bertz CT molecular complexity index is 1490. The van der Waals surface area contributed by atoms with Gasteiger partial charge < -0.3 is 20.1 Å². The van der Waals surface area contributed by atoms with Crippen molar-refractivity contribution in [3.63, 3.8) is 0 Å². The first-order valence-electron chi connectivity index (χ1n) is 32.4. The number of hydrogen-bond acceptors (Lipinski definition) is 8. The molecular weight excluding hydrogens is 978 g/mol. The summed E-state index contributed by atoms with van der Waals surface area (Å²) in [5, 5.41) is 0. The number of unbranched alkanes of at least 4 members (excludes halogenated alkanes) is 36. The van der Waals surface area contributed by atoms with Gasteiger partial charge in [0.05, 0.1) is 13.2 Å². The second-order valence-electron chi connectivity index (χ2n) is 21.6. The lowest BCUT2D eigenvalue weighted by atomic mass is 10.0. The van der Waals surface area contributed by atoms with Crippen molar-refractivity contribution in [2.24, 2.45) is 5.73 Å². The van der Waals surface area contributed by atoms with Gasteiger partial charge in [-0.05, 0) is 83.5 Å². The van der Waals surface area contributed by atoms with Crippen LogP contribution in [-0.2, 0) is 32.7 Å². The van der Waals surface area contributed by atoms with Gasteiger partial charge in [-0.2, -0.15) is 0 Å². The monoisotopic (exact) mass is 1100 g/mol. The number of esters is 2. The number of phosphoric acid groups is 1. The van der Waals surface area contributed by atoms with Crippen LogP contribution in [0.25, 0.3) is 0 Å². The van der Waals surface area contributed by atoms with Gasteiger partial charge in [0.25, 0.3) is 0 Å². The first kappa shape index (κ1) is 74.5. The highest BCUT2D eigenvalue weighted by atomic mass is 31.2. The molecule has 0 heterocycles. The molecule has 0 aromatic heterocycles. The fourth-order valence-electron chi connectivity index (χ4n) is 9.31. The molecule has 9 nitrogen and oxygen atoms in total. The van der Waals surface area contributed by atoms with Gasteiger partial charge in [0, 0.05) is 19.4 Å². The minimum atomic E-state index is -4.39. The van der Waals surface area contributed by atoms with E-state index in [0.29, 0.717) is 6.42 Å². The van der Waals surface area contributed by atoms with Crippen LogP contribution in [0.2, 0.25) is 0 Å². The lowest BCUT2D eigenvalue weighted by Gasteiger charge is -2.19. The standard InChI is InChI=1S/C67H122NO8P/c1-3-5-7-9-11-13-15-17-19-21-23-25-27-29-30-31-32-33-34-36-37-39-41-43-45-47-49-51-53-55-57-59-66(69)73-63-65(64-75-77(71,72)74-62-61-68)76-67(70)60-58-56-54-52-50-48-46-44-42-40-38-35-28-26-24-22-20-18-16-14-12-10-8-6-4-2/h6,8,12,14-15,17-18,20-21,23-24,26,65H,3-5,7,9-11,13,16,19,22,25,27-64,68H2,1-2H3,(H,71,72)/b8-6-,14-12-,17-15-,20-18-,23-21-,26-24-. The fourth-order valence-corrected chi connectivity index (χ4v) is 10.1. The number of carbonyl (C=O) groups excluding carboxylic acids is 2. The van der Waals surface area contributed by atoms with Crippen LogP contribution >= 0.6 is 7.82 Å². The largest absolute Gasteiger partial charge is 0.472 e. The molecule has 10 heteroatoms. The zero-order valence-corrected chi connectivity index (χ0v) is 51.1. The second-order valence-corrected chi connectivity index (χ2v) is 23.1. The summed E-state index contributed by atoms with van der Waals surface area (Å²) in [6, 6.07) is 0. The van der Waals surface area contributed by atoms with Crippen LogP contribution in [0.4, 0.5) is 0 Å². The first-order chi connectivity index (χ1) is 37.8. The summed E-state index contributed by atoms with van der Waals surface area (Å²) in [6.07, 6.45) is 81.2. The molecule has 0 fully saturated rings. The van der Waals surface area contributed by atoms with Crippen molar-refractivity contribution in [1.82, 2.24) is 0 Å². The van der Waals surface area contributed by atoms with Gasteiger partial charge >= 0.3 is 19.8 Å². The van der Waals surface area contributed by atoms with E-state index < -0.39 is 26.5 Å². The molecule has 0 radical (unpaired) electrons. The average Bonchev–Trinajstić information content (AvgIpc) is 3.42. The second kappa shape index (κ2) is 62.6. The molecule has 0 aliphatic carbocycles. The lowest BCUT2D eigenvalue weighted by Crippen LogP contribution is -2.29. The number of phosphoric ester groups is 1. The topological polar surface area (TPSA) is 134 Å². The molecule has 0 aliphatic rings. The predicted octanol–water partition coefficient (Wildman–Crippen LogP) is 20.9. The van der Waals surface area contributed by atoms with Crippen LogP contribution in [0.15, 0.2) is 72.9 Å². The first-order valence-corrected chi connectivity index (χ1v) is 33.9. The molecule has 3 N–H and O–H groups in total. The molecule has 0 amide bonds. The summed E-state index contributed by atoms with van der Waals surface area (Å²) < 4.78 is 33.1. The van der Waals surface area contributed by atoms with E-state index in [9.17, 15) is 19.0 Å². The normalized spacial score (nSPS) is 13.5. The van der Waals surface area contributed by atoms with E-state index in [0.717, 1.165) is 70.6 Å². The maximum atomic E-state index is 12.7. The molecule has 2 atom stereocenters. The molecule has 0 saturated carbocycles. The Hall–Kier alpha value is -2.55. The van der Waals surface area contributed by atoms with Crippen LogP contribution in [0.5, 0.6) is 0 Å². The zero-order valence-electron chi connectivity index (χ0n) is 50.2. The third kappa shape index (κ3) is 62.5. The van der Waals surface area contributed by atoms with Crippen LogP contribution in [0, 0.1) is 0 Å². The molecule has 2 unspecified atom stereocenters. The van der Waals surface area contributed by atoms with E-state index in [1.807, 2.05) is 0 Å². The fraction of sp³-hybridized carbons (Fsp3) is 0.791. The van der Waals surface area contributed by atoms with Crippen molar-refractivity contribution in [2.75, 3.05) is 26.4 Å². The van der Waals surface area contributed by atoms with Gasteiger partial charge in [-0.25, -0.2) is 4.57 Å². The van der Waals surface area contributed by atoms with Crippen molar-refractivity contribution in [3.05, 3.63) is 72.9 Å². The maximum Gasteiger partial charge on any atom is 0.472 e. The van der Waals surface area contributed by atoms with E-state index in [4.69, 9.17) is 24.3 Å². The van der Waals surface area contributed by atoms with E-state index in [1.54, 1.807) is 0 Å². The quantitative estimate of drug-likeness (QED) is 0.0264. The Morgan fingerprint density at radius 1 is 0.403 bits per heavy atom. The highest BCUT2D eigenvalue weighted by Crippen LogP contribution is 2.43. The van der Waals surface area contributed by atoms with E-state index in [-0.39, 0.29) is 38.6 Å². The van der Waals surface area contributed by atoms with Crippen LogP contribution in [0.1, 0.15) is 309 Å². The number of allylic oxidation sites excluding steroid dienone is 12. The number of nitrogens with two attached hydrogens (primary N) is 1. The third-order valence-corrected chi connectivity index (χ3v) is 15.1. The van der Waals surface area contributed by atoms with Crippen molar-refractivity contribution < 1.29 is 37.6 Å². The summed E-state index contributed by atoms with van der Waals surface area (Å²) >= 11 is 0. The van der Waals surface area contributed by atoms with Crippen LogP contribution < -0.4 is 5.73 Å². The number of carbonyl (C=O) groups is 2.